The summed E-state index contributed by atoms with van der Waals surface area (Å²) >= 11 is 0. The molecule has 0 amide bonds. The van der Waals surface area contributed by atoms with Crippen LogP contribution < -0.4 is 10.0 Å². The first-order valence-electron chi connectivity index (χ1n) is 7.73. The summed E-state index contributed by atoms with van der Waals surface area (Å²) in [4.78, 5) is 0.259. The molecule has 0 aliphatic heterocycles. The Labute approximate surface area is 127 Å². The number of hydrogen-bond donors (Lipinski definition) is 2. The van der Waals surface area contributed by atoms with Gasteiger partial charge < -0.3 is 5.32 Å². The molecule has 2 N–H and O–H groups in total. The summed E-state index contributed by atoms with van der Waals surface area (Å²) in [5.74, 6) is 0.726. The lowest BCUT2D eigenvalue weighted by atomic mass is 10.3. The fourth-order valence-electron chi connectivity index (χ4n) is 2.12. The van der Waals surface area contributed by atoms with E-state index in [0.717, 1.165) is 31.8 Å². The first-order valence-corrected chi connectivity index (χ1v) is 9.21. The van der Waals surface area contributed by atoms with Crippen molar-refractivity contribution in [3.63, 3.8) is 0 Å². The Kier molecular flexibility index (Phi) is 5.78. The lowest BCUT2D eigenvalue weighted by Crippen LogP contribution is -2.25. The van der Waals surface area contributed by atoms with Gasteiger partial charge in [-0.1, -0.05) is 26.7 Å². The van der Waals surface area contributed by atoms with Gasteiger partial charge in [-0.15, -0.1) is 0 Å². The van der Waals surface area contributed by atoms with Crippen LogP contribution in [0.15, 0.2) is 17.3 Å². The Hall–Kier alpha value is -0.920. The van der Waals surface area contributed by atoms with E-state index in [1.54, 1.807) is 10.9 Å². The topological polar surface area (TPSA) is 76.0 Å². The van der Waals surface area contributed by atoms with E-state index in [9.17, 15) is 8.42 Å². The van der Waals surface area contributed by atoms with Crippen molar-refractivity contribution in [2.45, 2.75) is 57.0 Å². The van der Waals surface area contributed by atoms with Crippen LogP contribution in [0.25, 0.3) is 0 Å². The van der Waals surface area contributed by atoms with Crippen LogP contribution in [0, 0.1) is 5.92 Å². The third kappa shape index (κ3) is 5.76. The Bertz CT molecular complexity index is 535. The Morgan fingerprint density at radius 3 is 2.81 bits per heavy atom. The smallest absolute Gasteiger partial charge is 0.243 e. The van der Waals surface area contributed by atoms with Crippen LogP contribution in [0.2, 0.25) is 0 Å². The van der Waals surface area contributed by atoms with Crippen molar-refractivity contribution in [1.82, 2.24) is 19.8 Å². The predicted octanol–water partition coefficient (Wildman–Crippen LogP) is 1.35. The molecule has 0 saturated heterocycles. The average Bonchev–Trinajstić information content (AvgIpc) is 3.10. The van der Waals surface area contributed by atoms with Gasteiger partial charge in [0.05, 0.1) is 6.20 Å². The number of nitrogens with one attached hydrogen (secondary N) is 2. The second-order valence-electron chi connectivity index (χ2n) is 6.03. The standard InChI is InChI=1S/C14H26N4O2S/c1-12(2)15-7-3-9-18-11-14(10-16-18)21(19,20)17-8-6-13-4-5-13/h10-13,15,17H,3-9H2,1-2H3. The van der Waals surface area contributed by atoms with E-state index in [1.165, 1.54) is 19.0 Å². The summed E-state index contributed by atoms with van der Waals surface area (Å²) in [6, 6.07) is 0.467. The average molecular weight is 314 g/mol. The quantitative estimate of drug-likeness (QED) is 0.639. The van der Waals surface area contributed by atoms with E-state index < -0.39 is 10.0 Å². The maximum atomic E-state index is 12.1. The molecule has 1 heterocycles. The normalized spacial score (nSPS) is 15.8. The van der Waals surface area contributed by atoms with Crippen molar-refractivity contribution in [2.75, 3.05) is 13.1 Å². The Morgan fingerprint density at radius 1 is 1.38 bits per heavy atom. The molecule has 1 aliphatic carbocycles. The highest BCUT2D eigenvalue weighted by atomic mass is 32.2. The molecule has 1 saturated carbocycles. The number of aryl methyl sites for hydroxylation is 1. The molecule has 1 fully saturated rings. The number of aromatic nitrogens is 2. The van der Waals surface area contributed by atoms with Gasteiger partial charge in [-0.2, -0.15) is 5.10 Å². The fourth-order valence-corrected chi connectivity index (χ4v) is 3.12. The molecule has 6 nitrogen and oxygen atoms in total. The number of nitrogens with zero attached hydrogens (tertiary/aromatic N) is 2. The minimum absolute atomic E-state index is 0.259. The van der Waals surface area contributed by atoms with E-state index >= 15 is 0 Å². The van der Waals surface area contributed by atoms with Gasteiger partial charge >= 0.3 is 0 Å². The lowest BCUT2D eigenvalue weighted by molar-refractivity contribution is 0.513. The summed E-state index contributed by atoms with van der Waals surface area (Å²) in [6.45, 7) is 6.35. The second-order valence-corrected chi connectivity index (χ2v) is 7.80. The molecule has 120 valence electrons. The van der Waals surface area contributed by atoms with E-state index in [2.05, 4.69) is 29.0 Å². The molecule has 0 radical (unpaired) electrons. The highest BCUT2D eigenvalue weighted by molar-refractivity contribution is 7.89. The zero-order valence-corrected chi connectivity index (χ0v) is 13.7. The predicted molar refractivity (Wildman–Crippen MR) is 82.5 cm³/mol. The van der Waals surface area contributed by atoms with Crippen LogP contribution in [0.5, 0.6) is 0 Å². The van der Waals surface area contributed by atoms with Gasteiger partial charge in [0, 0.05) is 25.3 Å². The number of hydrogen-bond acceptors (Lipinski definition) is 4. The van der Waals surface area contributed by atoms with E-state index in [-0.39, 0.29) is 4.90 Å². The van der Waals surface area contributed by atoms with Crippen LogP contribution in [-0.2, 0) is 16.6 Å². The third-order valence-corrected chi connectivity index (χ3v) is 4.99. The SMILES string of the molecule is CC(C)NCCCn1cc(S(=O)(=O)NCCC2CC2)cn1. The summed E-state index contributed by atoms with van der Waals surface area (Å²) in [7, 11) is -3.40. The summed E-state index contributed by atoms with van der Waals surface area (Å²) in [5, 5.41) is 7.45. The zero-order chi connectivity index (χ0) is 15.3. The maximum Gasteiger partial charge on any atom is 0.243 e. The number of rotatable bonds is 10. The molecule has 0 aromatic carbocycles. The van der Waals surface area contributed by atoms with E-state index in [4.69, 9.17) is 0 Å². The molecule has 0 bridgehead atoms. The van der Waals surface area contributed by atoms with Gasteiger partial charge in [0.1, 0.15) is 4.90 Å². The van der Waals surface area contributed by atoms with Gasteiger partial charge in [-0.25, -0.2) is 13.1 Å². The van der Waals surface area contributed by atoms with Gasteiger partial charge in [-0.3, -0.25) is 4.68 Å². The Morgan fingerprint density at radius 2 is 2.14 bits per heavy atom. The van der Waals surface area contributed by atoms with Crippen molar-refractivity contribution in [2.24, 2.45) is 5.92 Å². The fraction of sp³-hybridized carbons (Fsp3) is 0.786. The molecular weight excluding hydrogens is 288 g/mol. The first kappa shape index (κ1) is 16.5. The molecule has 0 atom stereocenters. The van der Waals surface area contributed by atoms with Gasteiger partial charge in [0.2, 0.25) is 10.0 Å². The van der Waals surface area contributed by atoms with Crippen molar-refractivity contribution >= 4 is 10.0 Å². The molecule has 1 aromatic heterocycles. The second kappa shape index (κ2) is 7.38. The number of sulfonamides is 1. The van der Waals surface area contributed by atoms with E-state index in [1.807, 2.05) is 0 Å². The summed E-state index contributed by atoms with van der Waals surface area (Å²) in [5.41, 5.74) is 0. The molecule has 0 spiro atoms. The lowest BCUT2D eigenvalue weighted by Gasteiger charge is -2.07. The first-order chi connectivity index (χ1) is 9.97. The molecule has 1 aliphatic rings. The monoisotopic (exact) mass is 314 g/mol. The largest absolute Gasteiger partial charge is 0.314 e. The van der Waals surface area contributed by atoms with Gasteiger partial charge in [0.15, 0.2) is 0 Å². The van der Waals surface area contributed by atoms with E-state index in [0.29, 0.717) is 12.6 Å². The van der Waals surface area contributed by atoms with Crippen LogP contribution >= 0.6 is 0 Å². The van der Waals surface area contributed by atoms with Crippen LogP contribution in [0.1, 0.15) is 39.5 Å². The molecule has 7 heteroatoms. The Balaban J connectivity index is 1.77. The molecule has 0 unspecified atom stereocenters. The highest BCUT2D eigenvalue weighted by Gasteiger charge is 2.22. The van der Waals surface area contributed by atoms with Crippen LogP contribution in [-0.4, -0.2) is 37.3 Å². The van der Waals surface area contributed by atoms with Gasteiger partial charge in [0.25, 0.3) is 0 Å². The van der Waals surface area contributed by atoms with Gasteiger partial charge in [-0.05, 0) is 25.3 Å². The molecule has 1 aromatic rings. The van der Waals surface area contributed by atoms with Crippen LogP contribution in [0.4, 0.5) is 0 Å². The summed E-state index contributed by atoms with van der Waals surface area (Å²) in [6.07, 6.45) is 7.38. The molecule has 2 rings (SSSR count). The van der Waals surface area contributed by atoms with Crippen molar-refractivity contribution in [3.05, 3.63) is 12.4 Å². The molecule has 21 heavy (non-hydrogen) atoms. The summed E-state index contributed by atoms with van der Waals surface area (Å²) < 4.78 is 28.5. The zero-order valence-electron chi connectivity index (χ0n) is 12.9. The highest BCUT2D eigenvalue weighted by Crippen LogP contribution is 2.31. The maximum absolute atomic E-state index is 12.1. The van der Waals surface area contributed by atoms with Crippen molar-refractivity contribution in [3.8, 4) is 0 Å². The van der Waals surface area contributed by atoms with Crippen molar-refractivity contribution in [1.29, 1.82) is 0 Å². The van der Waals surface area contributed by atoms with Crippen LogP contribution in [0.3, 0.4) is 0 Å². The van der Waals surface area contributed by atoms with Crippen molar-refractivity contribution < 1.29 is 8.42 Å². The minimum atomic E-state index is -3.40. The third-order valence-electron chi connectivity index (χ3n) is 3.58. The molecular formula is C14H26N4O2S. The minimum Gasteiger partial charge on any atom is -0.314 e.